The average molecular weight is 367 g/mol. The summed E-state index contributed by atoms with van der Waals surface area (Å²) in [5, 5.41) is 17.3. The second-order valence-electron chi connectivity index (χ2n) is 5.93. The zero-order valence-electron chi connectivity index (χ0n) is 14.4. The van der Waals surface area contributed by atoms with E-state index in [-0.39, 0.29) is 0 Å². The van der Waals surface area contributed by atoms with Gasteiger partial charge in [-0.2, -0.15) is 0 Å². The van der Waals surface area contributed by atoms with Gasteiger partial charge in [-0.3, -0.25) is 4.57 Å². The minimum atomic E-state index is 0.557. The molecule has 8 heteroatoms. The van der Waals surface area contributed by atoms with Gasteiger partial charge in [0.25, 0.3) is 0 Å². The van der Waals surface area contributed by atoms with Gasteiger partial charge in [0.15, 0.2) is 11.0 Å². The molecule has 0 bridgehead atoms. The molecule has 0 spiro atoms. The molecule has 4 aromatic rings. The molecular formula is C18H17N5O2S. The quantitative estimate of drug-likeness (QED) is 0.478. The van der Waals surface area contributed by atoms with Crippen LogP contribution in [0.1, 0.15) is 22.7 Å². The molecule has 7 nitrogen and oxygen atoms in total. The lowest BCUT2D eigenvalue weighted by atomic mass is 10.1. The van der Waals surface area contributed by atoms with E-state index < -0.39 is 0 Å². The third-order valence-electron chi connectivity index (χ3n) is 3.97. The molecule has 0 aliphatic rings. The third-order valence-corrected chi connectivity index (χ3v) is 4.95. The first kappa shape index (κ1) is 16.6. The first-order chi connectivity index (χ1) is 12.7. The molecule has 0 atom stereocenters. The molecule has 4 rings (SSSR count). The molecule has 3 heterocycles. The minimum absolute atomic E-state index is 0.557. The summed E-state index contributed by atoms with van der Waals surface area (Å²) in [5.74, 6) is 2.27. The maximum absolute atomic E-state index is 5.52. The first-order valence-electron chi connectivity index (χ1n) is 8.14. The van der Waals surface area contributed by atoms with Crippen LogP contribution < -0.4 is 0 Å². The predicted molar refractivity (Wildman–Crippen MR) is 96.6 cm³/mol. The number of hydrogen-bond donors (Lipinski definition) is 0. The van der Waals surface area contributed by atoms with Crippen molar-refractivity contribution in [3.8, 4) is 11.4 Å². The van der Waals surface area contributed by atoms with Gasteiger partial charge in [0.2, 0.25) is 0 Å². The molecule has 0 amide bonds. The van der Waals surface area contributed by atoms with E-state index in [9.17, 15) is 0 Å². The van der Waals surface area contributed by atoms with Crippen molar-refractivity contribution >= 4 is 11.8 Å². The lowest BCUT2D eigenvalue weighted by molar-refractivity contribution is 0.302. The fourth-order valence-corrected chi connectivity index (χ4v) is 3.54. The van der Waals surface area contributed by atoms with Gasteiger partial charge in [-0.15, -0.1) is 10.2 Å². The van der Waals surface area contributed by atoms with Gasteiger partial charge in [-0.05, 0) is 32.0 Å². The molecule has 1 aromatic carbocycles. The maximum Gasteiger partial charge on any atom is 0.192 e. The smallest absolute Gasteiger partial charge is 0.192 e. The highest BCUT2D eigenvalue weighted by Gasteiger charge is 2.17. The summed E-state index contributed by atoms with van der Waals surface area (Å²) >= 11 is 1.55. The van der Waals surface area contributed by atoms with E-state index in [1.165, 1.54) is 5.56 Å². The van der Waals surface area contributed by atoms with Crippen LogP contribution in [0.3, 0.4) is 0 Å². The van der Waals surface area contributed by atoms with E-state index in [2.05, 4.69) is 44.1 Å². The summed E-state index contributed by atoms with van der Waals surface area (Å²) in [6.07, 6.45) is 1.67. The Hall–Kier alpha value is -2.87. The van der Waals surface area contributed by atoms with E-state index >= 15 is 0 Å². The molecule has 0 fully saturated rings. The third kappa shape index (κ3) is 3.41. The predicted octanol–water partition coefficient (Wildman–Crippen LogP) is 3.88. The largest absolute Gasteiger partial charge is 0.467 e. The van der Waals surface area contributed by atoms with Gasteiger partial charge in [0.1, 0.15) is 17.1 Å². The van der Waals surface area contributed by atoms with E-state index in [0.717, 1.165) is 33.7 Å². The SMILES string of the molecule is Cc1cccc(-c2nnc(SCc3nonc3C)n2Cc2ccco2)c1. The summed E-state index contributed by atoms with van der Waals surface area (Å²) < 4.78 is 12.3. The van der Waals surface area contributed by atoms with Gasteiger partial charge in [-0.25, -0.2) is 4.63 Å². The van der Waals surface area contributed by atoms with Gasteiger partial charge < -0.3 is 4.42 Å². The summed E-state index contributed by atoms with van der Waals surface area (Å²) in [5.41, 5.74) is 3.79. The maximum atomic E-state index is 5.52. The van der Waals surface area contributed by atoms with Gasteiger partial charge >= 0.3 is 0 Å². The van der Waals surface area contributed by atoms with Crippen LogP contribution in [0, 0.1) is 13.8 Å². The molecule has 0 aliphatic heterocycles. The molecule has 3 aromatic heterocycles. The minimum Gasteiger partial charge on any atom is -0.467 e. The monoisotopic (exact) mass is 367 g/mol. The van der Waals surface area contributed by atoms with Crippen LogP contribution in [0.4, 0.5) is 0 Å². The second-order valence-corrected chi connectivity index (χ2v) is 6.87. The molecule has 0 unspecified atom stereocenters. The van der Waals surface area contributed by atoms with Crippen LogP contribution in [0.15, 0.2) is 56.9 Å². The highest BCUT2D eigenvalue weighted by Crippen LogP contribution is 2.28. The van der Waals surface area contributed by atoms with Crippen molar-refractivity contribution in [3.63, 3.8) is 0 Å². The van der Waals surface area contributed by atoms with Crippen LogP contribution in [-0.2, 0) is 12.3 Å². The van der Waals surface area contributed by atoms with Crippen LogP contribution in [0.2, 0.25) is 0 Å². The normalized spacial score (nSPS) is 11.2. The van der Waals surface area contributed by atoms with E-state index in [0.29, 0.717) is 12.3 Å². The van der Waals surface area contributed by atoms with Gasteiger partial charge in [0, 0.05) is 11.3 Å². The van der Waals surface area contributed by atoms with Crippen molar-refractivity contribution in [1.29, 1.82) is 0 Å². The van der Waals surface area contributed by atoms with Gasteiger partial charge in [-0.1, -0.05) is 45.8 Å². The Kier molecular flexibility index (Phi) is 4.57. The first-order valence-corrected chi connectivity index (χ1v) is 9.13. The Balaban J connectivity index is 1.68. The number of hydrogen-bond acceptors (Lipinski definition) is 7. The molecule has 0 radical (unpaired) electrons. The number of aryl methyl sites for hydroxylation is 2. The number of aromatic nitrogens is 5. The summed E-state index contributed by atoms with van der Waals surface area (Å²) in [7, 11) is 0. The van der Waals surface area contributed by atoms with Crippen LogP contribution in [0.25, 0.3) is 11.4 Å². The molecule has 0 saturated heterocycles. The number of benzene rings is 1. The number of thioether (sulfide) groups is 1. The fourth-order valence-electron chi connectivity index (χ4n) is 2.61. The standard InChI is InChI=1S/C18H17N5O2S/c1-12-5-3-6-14(9-12)17-19-20-18(23(17)10-15-7-4-8-24-15)26-11-16-13(2)21-25-22-16/h3-9H,10-11H2,1-2H3. The summed E-state index contributed by atoms with van der Waals surface area (Å²) in [6.45, 7) is 4.49. The van der Waals surface area contributed by atoms with E-state index in [4.69, 9.17) is 9.05 Å². The molecule has 0 N–H and O–H groups in total. The molecule has 0 aliphatic carbocycles. The Labute approximate surface area is 154 Å². The molecule has 26 heavy (non-hydrogen) atoms. The Morgan fingerprint density at radius 2 is 2.00 bits per heavy atom. The molecular weight excluding hydrogens is 350 g/mol. The molecule has 0 saturated carbocycles. The topological polar surface area (TPSA) is 82.8 Å². The highest BCUT2D eigenvalue weighted by molar-refractivity contribution is 7.98. The van der Waals surface area contributed by atoms with Crippen LogP contribution in [0.5, 0.6) is 0 Å². The number of rotatable bonds is 6. The van der Waals surface area contributed by atoms with E-state index in [1.54, 1.807) is 18.0 Å². The van der Waals surface area contributed by atoms with Crippen LogP contribution in [-0.4, -0.2) is 25.1 Å². The number of furan rings is 1. The molecule has 132 valence electrons. The number of nitrogens with zero attached hydrogens (tertiary/aromatic N) is 5. The van der Waals surface area contributed by atoms with Crippen molar-refractivity contribution in [2.75, 3.05) is 0 Å². The van der Waals surface area contributed by atoms with Crippen molar-refractivity contribution in [2.24, 2.45) is 0 Å². The van der Waals surface area contributed by atoms with Crippen molar-refractivity contribution in [1.82, 2.24) is 25.1 Å². The van der Waals surface area contributed by atoms with Crippen molar-refractivity contribution in [2.45, 2.75) is 31.3 Å². The Morgan fingerprint density at radius 3 is 2.73 bits per heavy atom. The lowest BCUT2D eigenvalue weighted by Crippen LogP contribution is -2.03. The van der Waals surface area contributed by atoms with Crippen molar-refractivity contribution in [3.05, 3.63) is 65.4 Å². The van der Waals surface area contributed by atoms with Crippen LogP contribution >= 0.6 is 11.8 Å². The van der Waals surface area contributed by atoms with Crippen molar-refractivity contribution < 1.29 is 9.05 Å². The zero-order chi connectivity index (χ0) is 17.9. The Bertz CT molecular complexity index is 1010. The summed E-state index contributed by atoms with van der Waals surface area (Å²) in [6, 6.07) is 12.0. The second kappa shape index (κ2) is 7.17. The highest BCUT2D eigenvalue weighted by atomic mass is 32.2. The average Bonchev–Trinajstić information content (AvgIpc) is 3.36. The lowest BCUT2D eigenvalue weighted by Gasteiger charge is -2.09. The Morgan fingerprint density at radius 1 is 1.08 bits per heavy atom. The zero-order valence-corrected chi connectivity index (χ0v) is 15.2. The fraction of sp³-hybridized carbons (Fsp3) is 0.222. The summed E-state index contributed by atoms with van der Waals surface area (Å²) in [4.78, 5) is 0. The van der Waals surface area contributed by atoms with Gasteiger partial charge in [0.05, 0.1) is 12.8 Å². The van der Waals surface area contributed by atoms with E-state index in [1.807, 2.05) is 31.2 Å².